The Hall–Kier alpha value is -1.89. The Morgan fingerprint density at radius 1 is 1.37 bits per heavy atom. The smallest absolute Gasteiger partial charge is 0.227 e. The van der Waals surface area contributed by atoms with Gasteiger partial charge in [-0.2, -0.15) is 17.8 Å². The van der Waals surface area contributed by atoms with Crippen molar-refractivity contribution in [2.24, 2.45) is 5.92 Å². The molecule has 1 atom stereocenters. The van der Waals surface area contributed by atoms with Crippen LogP contribution in [0.4, 0.5) is 5.69 Å². The van der Waals surface area contributed by atoms with Gasteiger partial charge in [0.15, 0.2) is 0 Å². The molecule has 0 radical (unpaired) electrons. The number of rotatable bonds is 3. The lowest BCUT2D eigenvalue weighted by Crippen LogP contribution is -2.24. The number of aromatic nitrogens is 4. The van der Waals surface area contributed by atoms with Gasteiger partial charge in [0.05, 0.1) is 0 Å². The third-order valence-corrected chi connectivity index (χ3v) is 3.76. The number of nitrogens with one attached hydrogen (secondary N) is 1. The molecule has 1 unspecified atom stereocenters. The Labute approximate surface area is 115 Å². The van der Waals surface area contributed by atoms with Gasteiger partial charge in [-0.05, 0) is 41.1 Å². The van der Waals surface area contributed by atoms with Crippen molar-refractivity contribution in [1.29, 1.82) is 0 Å². The molecule has 7 heteroatoms. The lowest BCUT2D eigenvalue weighted by Gasteiger charge is -2.16. The molecule has 0 spiro atoms. The van der Waals surface area contributed by atoms with Crippen LogP contribution in [-0.2, 0) is 4.79 Å². The zero-order valence-electron chi connectivity index (χ0n) is 10.2. The van der Waals surface area contributed by atoms with Gasteiger partial charge in [-0.3, -0.25) is 4.79 Å². The van der Waals surface area contributed by atoms with E-state index < -0.39 is 0 Å². The number of thiol groups is 1. The van der Waals surface area contributed by atoms with E-state index in [4.69, 9.17) is 0 Å². The third-order valence-electron chi connectivity index (χ3n) is 3.25. The Morgan fingerprint density at radius 2 is 2.16 bits per heavy atom. The third kappa shape index (κ3) is 2.33. The summed E-state index contributed by atoms with van der Waals surface area (Å²) >= 11 is 4.26. The molecule has 19 heavy (non-hydrogen) atoms. The van der Waals surface area contributed by atoms with E-state index >= 15 is 0 Å². The van der Waals surface area contributed by atoms with E-state index in [0.29, 0.717) is 18.2 Å². The molecule has 0 saturated carbocycles. The van der Waals surface area contributed by atoms with Crippen molar-refractivity contribution in [3.8, 4) is 11.4 Å². The summed E-state index contributed by atoms with van der Waals surface area (Å²) in [6.45, 7) is 0.740. The fourth-order valence-electron chi connectivity index (χ4n) is 2.23. The SMILES string of the molecule is O=C1CC(CS)CN1c1ccc(-c2nn[nH]n2)cc1. The number of benzene rings is 1. The topological polar surface area (TPSA) is 74.8 Å². The molecule has 1 aromatic heterocycles. The summed E-state index contributed by atoms with van der Waals surface area (Å²) < 4.78 is 0. The van der Waals surface area contributed by atoms with E-state index in [1.54, 1.807) is 4.90 Å². The minimum Gasteiger partial charge on any atom is -0.312 e. The van der Waals surface area contributed by atoms with Crippen LogP contribution in [0.3, 0.4) is 0 Å². The summed E-state index contributed by atoms with van der Waals surface area (Å²) in [7, 11) is 0. The average molecular weight is 275 g/mol. The first-order valence-electron chi connectivity index (χ1n) is 6.03. The van der Waals surface area contributed by atoms with E-state index in [2.05, 4.69) is 33.3 Å². The van der Waals surface area contributed by atoms with Crippen LogP contribution >= 0.6 is 12.6 Å². The maximum atomic E-state index is 11.9. The average Bonchev–Trinajstić information content (AvgIpc) is 3.08. The molecule has 6 nitrogen and oxygen atoms in total. The summed E-state index contributed by atoms with van der Waals surface area (Å²) in [6, 6.07) is 7.60. The van der Waals surface area contributed by atoms with Crippen molar-refractivity contribution in [2.45, 2.75) is 6.42 Å². The molecule has 1 aliphatic rings. The predicted molar refractivity (Wildman–Crippen MR) is 73.9 cm³/mol. The van der Waals surface area contributed by atoms with Gasteiger partial charge in [-0.1, -0.05) is 0 Å². The van der Waals surface area contributed by atoms with Crippen LogP contribution in [0, 0.1) is 5.92 Å². The molecule has 3 rings (SSSR count). The van der Waals surface area contributed by atoms with Crippen molar-refractivity contribution >= 4 is 24.2 Å². The zero-order chi connectivity index (χ0) is 13.2. The van der Waals surface area contributed by atoms with E-state index in [1.165, 1.54) is 0 Å². The van der Waals surface area contributed by atoms with Gasteiger partial charge in [-0.25, -0.2) is 0 Å². The van der Waals surface area contributed by atoms with Gasteiger partial charge in [0, 0.05) is 24.2 Å². The summed E-state index contributed by atoms with van der Waals surface area (Å²) in [5, 5.41) is 13.8. The molecule has 1 amide bonds. The summed E-state index contributed by atoms with van der Waals surface area (Å²) in [4.78, 5) is 13.7. The highest BCUT2D eigenvalue weighted by Crippen LogP contribution is 2.27. The number of carbonyl (C=O) groups excluding carboxylic acids is 1. The van der Waals surface area contributed by atoms with Gasteiger partial charge in [0.25, 0.3) is 0 Å². The molecule has 1 aliphatic heterocycles. The van der Waals surface area contributed by atoms with Crippen LogP contribution in [0.1, 0.15) is 6.42 Å². The monoisotopic (exact) mass is 275 g/mol. The number of carbonyl (C=O) groups is 1. The second kappa shape index (κ2) is 5.00. The molecule has 0 aliphatic carbocycles. The quantitative estimate of drug-likeness (QED) is 0.824. The minimum atomic E-state index is 0.159. The molecular formula is C12H13N5OS. The largest absolute Gasteiger partial charge is 0.312 e. The van der Waals surface area contributed by atoms with Crippen LogP contribution in [0.5, 0.6) is 0 Å². The number of amides is 1. The maximum Gasteiger partial charge on any atom is 0.227 e. The first-order valence-corrected chi connectivity index (χ1v) is 6.66. The molecular weight excluding hydrogens is 262 g/mol. The lowest BCUT2D eigenvalue weighted by atomic mass is 10.1. The van der Waals surface area contributed by atoms with E-state index in [9.17, 15) is 4.79 Å². The molecule has 1 fully saturated rings. The van der Waals surface area contributed by atoms with Gasteiger partial charge >= 0.3 is 0 Å². The molecule has 0 bridgehead atoms. The number of nitrogens with zero attached hydrogens (tertiary/aromatic N) is 4. The number of anilines is 1. The Bertz CT molecular complexity index is 568. The lowest BCUT2D eigenvalue weighted by molar-refractivity contribution is -0.117. The molecule has 1 N–H and O–H groups in total. The van der Waals surface area contributed by atoms with Crippen molar-refractivity contribution in [1.82, 2.24) is 20.6 Å². The molecule has 2 aromatic rings. The number of H-pyrrole nitrogens is 1. The van der Waals surface area contributed by atoms with Crippen molar-refractivity contribution in [3.63, 3.8) is 0 Å². The standard InChI is InChI=1S/C12H13N5OS/c18-11-5-8(7-19)6-17(11)10-3-1-9(2-4-10)12-13-15-16-14-12/h1-4,8,19H,5-7H2,(H,13,14,15,16). The van der Waals surface area contributed by atoms with Crippen molar-refractivity contribution in [3.05, 3.63) is 24.3 Å². The first-order chi connectivity index (χ1) is 9.28. The van der Waals surface area contributed by atoms with Crippen LogP contribution < -0.4 is 4.90 Å². The highest BCUT2D eigenvalue weighted by Gasteiger charge is 2.29. The second-order valence-electron chi connectivity index (χ2n) is 4.54. The van der Waals surface area contributed by atoms with E-state index in [1.807, 2.05) is 24.3 Å². The van der Waals surface area contributed by atoms with Crippen molar-refractivity contribution in [2.75, 3.05) is 17.2 Å². The van der Waals surface area contributed by atoms with Gasteiger partial charge < -0.3 is 4.90 Å². The van der Waals surface area contributed by atoms with Gasteiger partial charge in [-0.15, -0.1) is 10.2 Å². The van der Waals surface area contributed by atoms with Crippen LogP contribution in [-0.4, -0.2) is 38.8 Å². The Balaban J connectivity index is 1.81. The minimum absolute atomic E-state index is 0.159. The highest BCUT2D eigenvalue weighted by atomic mass is 32.1. The zero-order valence-corrected chi connectivity index (χ0v) is 11.0. The summed E-state index contributed by atoms with van der Waals surface area (Å²) in [5.41, 5.74) is 1.77. The van der Waals surface area contributed by atoms with Crippen molar-refractivity contribution < 1.29 is 4.79 Å². The molecule has 1 aromatic carbocycles. The highest BCUT2D eigenvalue weighted by molar-refractivity contribution is 7.80. The van der Waals surface area contributed by atoms with E-state index in [-0.39, 0.29) is 5.91 Å². The van der Waals surface area contributed by atoms with Gasteiger partial charge in [0.1, 0.15) is 0 Å². The fourth-order valence-corrected chi connectivity index (χ4v) is 2.47. The number of hydrogen-bond donors (Lipinski definition) is 2. The molecule has 98 valence electrons. The van der Waals surface area contributed by atoms with E-state index in [0.717, 1.165) is 23.5 Å². The summed E-state index contributed by atoms with van der Waals surface area (Å²) in [6.07, 6.45) is 0.579. The Kier molecular flexibility index (Phi) is 3.20. The van der Waals surface area contributed by atoms with Gasteiger partial charge in [0.2, 0.25) is 11.7 Å². The number of tetrazole rings is 1. The Morgan fingerprint density at radius 3 is 2.74 bits per heavy atom. The predicted octanol–water partition coefficient (Wildman–Crippen LogP) is 1.15. The molecule has 2 heterocycles. The molecule has 1 saturated heterocycles. The van der Waals surface area contributed by atoms with Crippen LogP contribution in [0.2, 0.25) is 0 Å². The summed E-state index contributed by atoms with van der Waals surface area (Å²) in [5.74, 6) is 1.79. The normalized spacial score (nSPS) is 19.1. The first kappa shape index (κ1) is 12.2. The fraction of sp³-hybridized carbons (Fsp3) is 0.333. The maximum absolute atomic E-state index is 11.9. The second-order valence-corrected chi connectivity index (χ2v) is 4.90. The van der Waals surface area contributed by atoms with Crippen LogP contribution in [0.25, 0.3) is 11.4 Å². The number of hydrogen-bond acceptors (Lipinski definition) is 5. The van der Waals surface area contributed by atoms with Crippen LogP contribution in [0.15, 0.2) is 24.3 Å². The number of aromatic amines is 1.